The molecule has 156 valence electrons. The van der Waals surface area contributed by atoms with Crippen molar-refractivity contribution in [1.82, 2.24) is 9.47 Å². The lowest BCUT2D eigenvalue weighted by Crippen LogP contribution is -2.34. The number of benzene rings is 2. The predicted octanol–water partition coefficient (Wildman–Crippen LogP) is 4.04. The van der Waals surface area contributed by atoms with Gasteiger partial charge in [0.2, 0.25) is 0 Å². The SMILES string of the molecule is COCCN(Cc1cccn1Cc1cccc(C)c1)C(=O)c1cccc([N+](=O)[O-])c1. The van der Waals surface area contributed by atoms with Gasteiger partial charge in [-0.2, -0.15) is 0 Å². The van der Waals surface area contributed by atoms with Crippen molar-refractivity contribution in [3.05, 3.63) is 99.4 Å². The van der Waals surface area contributed by atoms with Crippen LogP contribution in [0.2, 0.25) is 0 Å². The molecule has 0 N–H and O–H groups in total. The molecule has 2 aromatic carbocycles. The Hall–Kier alpha value is -3.45. The standard InChI is InChI=1S/C23H25N3O4/c1-18-6-3-7-19(14-18)16-24-11-5-10-22(24)17-25(12-13-30-2)23(27)20-8-4-9-21(15-20)26(28)29/h3-11,14-15H,12-13,16-17H2,1-2H3. The van der Waals surface area contributed by atoms with E-state index in [1.165, 1.54) is 29.3 Å². The number of non-ortho nitro benzene ring substituents is 1. The molecule has 0 unspecified atom stereocenters. The van der Waals surface area contributed by atoms with E-state index in [0.29, 0.717) is 26.2 Å². The normalized spacial score (nSPS) is 10.7. The second-order valence-electron chi connectivity index (χ2n) is 7.14. The number of hydrogen-bond donors (Lipinski definition) is 0. The third kappa shape index (κ3) is 5.33. The second-order valence-corrected chi connectivity index (χ2v) is 7.14. The number of nitro groups is 1. The van der Waals surface area contributed by atoms with E-state index >= 15 is 0 Å². The lowest BCUT2D eigenvalue weighted by molar-refractivity contribution is -0.384. The van der Waals surface area contributed by atoms with Crippen LogP contribution in [0.25, 0.3) is 0 Å². The van der Waals surface area contributed by atoms with Gasteiger partial charge < -0.3 is 14.2 Å². The molecular weight excluding hydrogens is 382 g/mol. The molecule has 0 aliphatic carbocycles. The van der Waals surface area contributed by atoms with Crippen LogP contribution in [-0.2, 0) is 17.8 Å². The van der Waals surface area contributed by atoms with Gasteiger partial charge >= 0.3 is 0 Å². The van der Waals surface area contributed by atoms with Crippen LogP contribution >= 0.6 is 0 Å². The average Bonchev–Trinajstić information content (AvgIpc) is 3.17. The molecule has 0 bridgehead atoms. The number of nitro benzene ring substituents is 1. The van der Waals surface area contributed by atoms with Crippen LogP contribution in [0.15, 0.2) is 66.9 Å². The van der Waals surface area contributed by atoms with E-state index in [4.69, 9.17) is 4.74 Å². The number of aromatic nitrogens is 1. The van der Waals surface area contributed by atoms with Gasteiger partial charge in [-0.3, -0.25) is 14.9 Å². The van der Waals surface area contributed by atoms with Crippen molar-refractivity contribution in [1.29, 1.82) is 0 Å². The summed E-state index contributed by atoms with van der Waals surface area (Å²) >= 11 is 0. The Morgan fingerprint density at radius 2 is 1.93 bits per heavy atom. The fraction of sp³-hybridized carbons (Fsp3) is 0.261. The number of methoxy groups -OCH3 is 1. The highest BCUT2D eigenvalue weighted by Gasteiger charge is 2.19. The van der Waals surface area contributed by atoms with Crippen LogP contribution in [0.3, 0.4) is 0 Å². The minimum absolute atomic E-state index is 0.102. The second kappa shape index (κ2) is 9.84. The van der Waals surface area contributed by atoms with Crippen molar-refractivity contribution >= 4 is 11.6 Å². The summed E-state index contributed by atoms with van der Waals surface area (Å²) in [6.45, 7) is 3.90. The van der Waals surface area contributed by atoms with Gasteiger partial charge in [0.15, 0.2) is 0 Å². The van der Waals surface area contributed by atoms with E-state index in [-0.39, 0.29) is 17.2 Å². The first-order valence-corrected chi connectivity index (χ1v) is 9.70. The molecule has 0 spiro atoms. The van der Waals surface area contributed by atoms with Crippen molar-refractivity contribution in [2.75, 3.05) is 20.3 Å². The summed E-state index contributed by atoms with van der Waals surface area (Å²) in [5.74, 6) is -0.265. The predicted molar refractivity (Wildman–Crippen MR) is 114 cm³/mol. The van der Waals surface area contributed by atoms with E-state index in [2.05, 4.69) is 29.7 Å². The van der Waals surface area contributed by atoms with Crippen LogP contribution in [0.1, 0.15) is 27.2 Å². The quantitative estimate of drug-likeness (QED) is 0.396. The van der Waals surface area contributed by atoms with Gasteiger partial charge in [-0.1, -0.05) is 35.9 Å². The van der Waals surface area contributed by atoms with Crippen LogP contribution in [0.5, 0.6) is 0 Å². The molecule has 3 aromatic rings. The van der Waals surface area contributed by atoms with Gasteiger partial charge in [0.1, 0.15) is 0 Å². The third-order valence-electron chi connectivity index (χ3n) is 4.87. The Bertz CT molecular complexity index is 1030. The molecule has 0 aliphatic heterocycles. The summed E-state index contributed by atoms with van der Waals surface area (Å²) in [6.07, 6.45) is 1.99. The summed E-state index contributed by atoms with van der Waals surface area (Å²) in [7, 11) is 1.58. The first-order valence-electron chi connectivity index (χ1n) is 9.70. The average molecular weight is 407 g/mol. The first kappa shape index (κ1) is 21.3. The summed E-state index contributed by atoms with van der Waals surface area (Å²) in [4.78, 5) is 25.3. The van der Waals surface area contributed by atoms with E-state index in [1.54, 1.807) is 18.1 Å². The summed E-state index contributed by atoms with van der Waals surface area (Å²) in [5, 5.41) is 11.1. The minimum Gasteiger partial charge on any atom is -0.383 e. The molecule has 0 fully saturated rings. The first-order chi connectivity index (χ1) is 14.5. The number of ether oxygens (including phenoxy) is 1. The fourth-order valence-corrected chi connectivity index (χ4v) is 3.34. The largest absolute Gasteiger partial charge is 0.383 e. The number of rotatable bonds is 9. The van der Waals surface area contributed by atoms with Crippen LogP contribution in [0, 0.1) is 17.0 Å². The number of carbonyl (C=O) groups is 1. The maximum Gasteiger partial charge on any atom is 0.270 e. The zero-order valence-electron chi connectivity index (χ0n) is 17.2. The Morgan fingerprint density at radius 3 is 2.67 bits per heavy atom. The molecule has 3 rings (SSSR count). The monoisotopic (exact) mass is 407 g/mol. The Kier molecular flexibility index (Phi) is 6.98. The van der Waals surface area contributed by atoms with Gasteiger partial charge in [0.25, 0.3) is 11.6 Å². The van der Waals surface area contributed by atoms with Crippen molar-refractivity contribution in [3.8, 4) is 0 Å². The van der Waals surface area contributed by atoms with Crippen LogP contribution in [-0.4, -0.2) is 40.6 Å². The molecule has 0 atom stereocenters. The number of nitrogens with zero attached hydrogens (tertiary/aromatic N) is 3. The highest BCUT2D eigenvalue weighted by atomic mass is 16.6. The molecule has 1 amide bonds. The highest BCUT2D eigenvalue weighted by Crippen LogP contribution is 2.17. The maximum absolute atomic E-state index is 13.1. The summed E-state index contributed by atoms with van der Waals surface area (Å²) in [6, 6.07) is 18.1. The molecular formula is C23H25N3O4. The molecule has 7 heteroatoms. The molecule has 0 radical (unpaired) electrons. The molecule has 0 saturated heterocycles. The minimum atomic E-state index is -0.497. The van der Waals surface area contributed by atoms with Gasteiger partial charge in [-0.15, -0.1) is 0 Å². The number of hydrogen-bond acceptors (Lipinski definition) is 4. The smallest absolute Gasteiger partial charge is 0.270 e. The third-order valence-corrected chi connectivity index (χ3v) is 4.87. The molecule has 7 nitrogen and oxygen atoms in total. The molecule has 1 heterocycles. The van der Waals surface area contributed by atoms with Gasteiger partial charge in [-0.25, -0.2) is 0 Å². The molecule has 30 heavy (non-hydrogen) atoms. The van der Waals surface area contributed by atoms with E-state index in [0.717, 1.165) is 5.69 Å². The lowest BCUT2D eigenvalue weighted by Gasteiger charge is -2.23. The van der Waals surface area contributed by atoms with E-state index in [1.807, 2.05) is 24.4 Å². The Balaban J connectivity index is 1.82. The fourth-order valence-electron chi connectivity index (χ4n) is 3.34. The van der Waals surface area contributed by atoms with Gasteiger partial charge in [-0.05, 0) is 30.7 Å². The summed E-state index contributed by atoms with van der Waals surface area (Å²) < 4.78 is 7.28. The number of amides is 1. The number of aryl methyl sites for hydroxylation is 1. The molecule has 1 aromatic heterocycles. The topological polar surface area (TPSA) is 77.6 Å². The van der Waals surface area contributed by atoms with Crippen molar-refractivity contribution in [3.63, 3.8) is 0 Å². The van der Waals surface area contributed by atoms with Gasteiger partial charge in [0, 0.05) is 49.8 Å². The van der Waals surface area contributed by atoms with Gasteiger partial charge in [0.05, 0.1) is 18.1 Å². The Labute approximate surface area is 175 Å². The summed E-state index contributed by atoms with van der Waals surface area (Å²) in [5.41, 5.74) is 3.54. The zero-order chi connectivity index (χ0) is 21.5. The molecule has 0 saturated carbocycles. The highest BCUT2D eigenvalue weighted by molar-refractivity contribution is 5.94. The van der Waals surface area contributed by atoms with Crippen LogP contribution in [0.4, 0.5) is 5.69 Å². The molecule has 0 aliphatic rings. The lowest BCUT2D eigenvalue weighted by atomic mass is 10.1. The Morgan fingerprint density at radius 1 is 1.13 bits per heavy atom. The maximum atomic E-state index is 13.1. The van der Waals surface area contributed by atoms with E-state index in [9.17, 15) is 14.9 Å². The van der Waals surface area contributed by atoms with Crippen molar-refractivity contribution in [2.45, 2.75) is 20.0 Å². The van der Waals surface area contributed by atoms with E-state index < -0.39 is 4.92 Å². The number of carbonyl (C=O) groups excluding carboxylic acids is 1. The van der Waals surface area contributed by atoms with Crippen molar-refractivity contribution < 1.29 is 14.5 Å². The van der Waals surface area contributed by atoms with Crippen molar-refractivity contribution in [2.24, 2.45) is 0 Å². The zero-order valence-corrected chi connectivity index (χ0v) is 17.2. The van der Waals surface area contributed by atoms with Crippen LogP contribution < -0.4 is 0 Å².